The molecular formula is C15H15BrFNO. The average molecular weight is 324 g/mol. The molecule has 0 saturated heterocycles. The van der Waals surface area contributed by atoms with E-state index in [1.165, 1.54) is 6.07 Å². The van der Waals surface area contributed by atoms with Gasteiger partial charge in [-0.2, -0.15) is 0 Å². The van der Waals surface area contributed by atoms with Gasteiger partial charge in [0.05, 0.1) is 11.1 Å². The predicted molar refractivity (Wildman–Crippen MR) is 77.0 cm³/mol. The minimum absolute atomic E-state index is 0.0416. The predicted octanol–water partition coefficient (Wildman–Crippen LogP) is 3.37. The third-order valence-electron chi connectivity index (χ3n) is 2.92. The van der Waals surface area contributed by atoms with Crippen molar-refractivity contribution in [3.8, 4) is 0 Å². The Hall–Kier alpha value is -1.23. The first kappa shape index (κ1) is 14.2. The number of hydrogen-bond donors (Lipinski definition) is 2. The van der Waals surface area contributed by atoms with Crippen molar-refractivity contribution in [2.24, 2.45) is 0 Å². The zero-order valence-electron chi connectivity index (χ0n) is 10.4. The van der Waals surface area contributed by atoms with Crippen LogP contribution in [0.15, 0.2) is 46.9 Å². The van der Waals surface area contributed by atoms with Crippen molar-refractivity contribution in [1.29, 1.82) is 0 Å². The van der Waals surface area contributed by atoms with Gasteiger partial charge in [-0.25, -0.2) is 4.39 Å². The Morgan fingerprint density at radius 3 is 2.47 bits per heavy atom. The van der Waals surface area contributed by atoms with Crippen LogP contribution in [0.5, 0.6) is 0 Å². The van der Waals surface area contributed by atoms with Crippen LogP contribution in [0.4, 0.5) is 4.39 Å². The molecule has 2 nitrogen and oxygen atoms in total. The number of aliphatic hydroxyl groups excluding tert-OH is 1. The molecule has 0 aromatic heterocycles. The van der Waals surface area contributed by atoms with E-state index in [0.29, 0.717) is 17.6 Å². The monoisotopic (exact) mass is 323 g/mol. The molecule has 0 aliphatic carbocycles. The summed E-state index contributed by atoms with van der Waals surface area (Å²) in [5, 5.41) is 12.5. The molecule has 0 aliphatic rings. The van der Waals surface area contributed by atoms with Crippen LogP contribution in [0.1, 0.15) is 16.7 Å². The van der Waals surface area contributed by atoms with Crippen LogP contribution in [-0.2, 0) is 19.7 Å². The van der Waals surface area contributed by atoms with Gasteiger partial charge in [-0.15, -0.1) is 0 Å². The molecule has 2 N–H and O–H groups in total. The van der Waals surface area contributed by atoms with Crippen LogP contribution in [0.3, 0.4) is 0 Å². The standard InChI is InChI=1S/C15H15BrFNO/c16-14-7-11(5-6-15(14)17)8-18-9-12-3-1-2-4-13(12)10-19/h1-7,18-19H,8-10H2. The van der Waals surface area contributed by atoms with E-state index in [4.69, 9.17) is 0 Å². The maximum absolute atomic E-state index is 13.1. The molecule has 0 atom stereocenters. The highest BCUT2D eigenvalue weighted by atomic mass is 79.9. The second kappa shape index (κ2) is 6.80. The zero-order valence-corrected chi connectivity index (χ0v) is 12.0. The quantitative estimate of drug-likeness (QED) is 0.884. The zero-order chi connectivity index (χ0) is 13.7. The van der Waals surface area contributed by atoms with Gasteiger partial charge in [-0.05, 0) is 44.8 Å². The third-order valence-corrected chi connectivity index (χ3v) is 3.53. The Kier molecular flexibility index (Phi) is 5.07. The van der Waals surface area contributed by atoms with Crippen molar-refractivity contribution in [3.05, 3.63) is 69.4 Å². The molecule has 2 aromatic carbocycles. The molecule has 0 saturated carbocycles. The van der Waals surface area contributed by atoms with Crippen molar-refractivity contribution in [1.82, 2.24) is 5.32 Å². The summed E-state index contributed by atoms with van der Waals surface area (Å²) in [5.41, 5.74) is 3.01. The van der Waals surface area contributed by atoms with E-state index in [1.807, 2.05) is 24.3 Å². The van der Waals surface area contributed by atoms with Crippen LogP contribution < -0.4 is 5.32 Å². The number of nitrogens with one attached hydrogen (secondary N) is 1. The largest absolute Gasteiger partial charge is 0.392 e. The summed E-state index contributed by atoms with van der Waals surface area (Å²) in [6.45, 7) is 1.37. The molecule has 0 spiro atoms. The molecule has 2 aromatic rings. The normalized spacial score (nSPS) is 10.7. The highest BCUT2D eigenvalue weighted by Gasteiger charge is 2.02. The molecule has 2 rings (SSSR count). The highest BCUT2D eigenvalue weighted by Crippen LogP contribution is 2.17. The number of benzene rings is 2. The molecule has 19 heavy (non-hydrogen) atoms. The smallest absolute Gasteiger partial charge is 0.137 e. The van der Waals surface area contributed by atoms with Crippen LogP contribution >= 0.6 is 15.9 Å². The fourth-order valence-corrected chi connectivity index (χ4v) is 2.30. The van der Waals surface area contributed by atoms with Gasteiger partial charge in [0.25, 0.3) is 0 Å². The van der Waals surface area contributed by atoms with Gasteiger partial charge in [-0.1, -0.05) is 30.3 Å². The van der Waals surface area contributed by atoms with Crippen molar-refractivity contribution in [3.63, 3.8) is 0 Å². The van der Waals surface area contributed by atoms with E-state index in [1.54, 1.807) is 12.1 Å². The second-order valence-electron chi connectivity index (χ2n) is 4.28. The summed E-state index contributed by atoms with van der Waals surface area (Å²) < 4.78 is 13.6. The van der Waals surface area contributed by atoms with Gasteiger partial charge in [0.2, 0.25) is 0 Å². The van der Waals surface area contributed by atoms with Gasteiger partial charge in [-0.3, -0.25) is 0 Å². The van der Waals surface area contributed by atoms with Gasteiger partial charge in [0.15, 0.2) is 0 Å². The average Bonchev–Trinajstić information content (AvgIpc) is 2.43. The first-order chi connectivity index (χ1) is 9.20. The number of hydrogen-bond acceptors (Lipinski definition) is 2. The molecule has 0 heterocycles. The van der Waals surface area contributed by atoms with Crippen molar-refractivity contribution in [2.75, 3.05) is 0 Å². The lowest BCUT2D eigenvalue weighted by atomic mass is 10.1. The van der Waals surface area contributed by atoms with Gasteiger partial charge in [0, 0.05) is 13.1 Å². The lowest BCUT2D eigenvalue weighted by Crippen LogP contribution is -2.14. The third kappa shape index (κ3) is 3.86. The number of rotatable bonds is 5. The summed E-state index contributed by atoms with van der Waals surface area (Å²) in [6, 6.07) is 12.7. The molecular weight excluding hydrogens is 309 g/mol. The van der Waals surface area contributed by atoms with Crippen LogP contribution in [0.25, 0.3) is 0 Å². The molecule has 100 valence electrons. The lowest BCUT2D eigenvalue weighted by Gasteiger charge is -2.09. The fourth-order valence-electron chi connectivity index (χ4n) is 1.88. The summed E-state index contributed by atoms with van der Waals surface area (Å²) >= 11 is 3.17. The second-order valence-corrected chi connectivity index (χ2v) is 5.13. The van der Waals surface area contributed by atoms with Crippen molar-refractivity contribution < 1.29 is 9.50 Å². The van der Waals surface area contributed by atoms with E-state index < -0.39 is 0 Å². The van der Waals surface area contributed by atoms with E-state index in [0.717, 1.165) is 16.7 Å². The Morgan fingerprint density at radius 2 is 1.79 bits per heavy atom. The Labute approximate surface area is 120 Å². The minimum Gasteiger partial charge on any atom is -0.392 e. The molecule has 0 bridgehead atoms. The minimum atomic E-state index is -0.255. The Bertz CT molecular complexity index is 560. The molecule has 0 radical (unpaired) electrons. The lowest BCUT2D eigenvalue weighted by molar-refractivity contribution is 0.280. The van der Waals surface area contributed by atoms with E-state index in [2.05, 4.69) is 21.2 Å². The van der Waals surface area contributed by atoms with Gasteiger partial charge < -0.3 is 10.4 Å². The maximum Gasteiger partial charge on any atom is 0.137 e. The number of halogens is 2. The first-order valence-corrected chi connectivity index (χ1v) is 6.82. The van der Waals surface area contributed by atoms with E-state index >= 15 is 0 Å². The van der Waals surface area contributed by atoms with Gasteiger partial charge >= 0.3 is 0 Å². The Morgan fingerprint density at radius 1 is 1.05 bits per heavy atom. The molecule has 0 fully saturated rings. The molecule has 0 unspecified atom stereocenters. The number of aliphatic hydroxyl groups is 1. The first-order valence-electron chi connectivity index (χ1n) is 6.03. The van der Waals surface area contributed by atoms with E-state index in [-0.39, 0.29) is 12.4 Å². The van der Waals surface area contributed by atoms with Crippen LogP contribution in [0.2, 0.25) is 0 Å². The summed E-state index contributed by atoms with van der Waals surface area (Å²) in [7, 11) is 0. The SMILES string of the molecule is OCc1ccccc1CNCc1ccc(F)c(Br)c1. The summed E-state index contributed by atoms with van der Waals surface area (Å²) in [6.07, 6.45) is 0. The van der Waals surface area contributed by atoms with Crippen molar-refractivity contribution in [2.45, 2.75) is 19.7 Å². The van der Waals surface area contributed by atoms with Gasteiger partial charge in [0.1, 0.15) is 5.82 Å². The van der Waals surface area contributed by atoms with E-state index in [9.17, 15) is 9.50 Å². The molecule has 0 aliphatic heterocycles. The summed E-state index contributed by atoms with van der Waals surface area (Å²) in [4.78, 5) is 0. The van der Waals surface area contributed by atoms with Crippen molar-refractivity contribution >= 4 is 15.9 Å². The topological polar surface area (TPSA) is 32.3 Å². The Balaban J connectivity index is 1.94. The van der Waals surface area contributed by atoms with Crippen LogP contribution in [-0.4, -0.2) is 5.11 Å². The summed E-state index contributed by atoms with van der Waals surface area (Å²) in [5.74, 6) is -0.255. The molecule has 4 heteroatoms. The fraction of sp³-hybridized carbons (Fsp3) is 0.200. The molecule has 0 amide bonds. The van der Waals surface area contributed by atoms with Crippen LogP contribution in [0, 0.1) is 5.82 Å². The highest BCUT2D eigenvalue weighted by molar-refractivity contribution is 9.10. The maximum atomic E-state index is 13.1.